The molecule has 2 nitrogen and oxygen atoms in total. The average molecular weight is 248 g/mol. The number of carboxylic acids is 1. The van der Waals surface area contributed by atoms with Gasteiger partial charge < -0.3 is 5.11 Å². The van der Waals surface area contributed by atoms with E-state index in [9.17, 15) is 22.4 Å². The van der Waals surface area contributed by atoms with Gasteiger partial charge in [0.2, 0.25) is 0 Å². The molecule has 0 aliphatic heterocycles. The van der Waals surface area contributed by atoms with E-state index in [1.165, 1.54) is 0 Å². The Balaban J connectivity index is 2.44. The normalized spacial score (nSPS) is 27.9. The third-order valence-corrected chi connectivity index (χ3v) is 3.12. The zero-order valence-corrected chi connectivity index (χ0v) is 8.46. The Hall–Kier alpha value is -1.59. The van der Waals surface area contributed by atoms with Gasteiger partial charge in [-0.2, -0.15) is 13.2 Å². The summed E-state index contributed by atoms with van der Waals surface area (Å²) in [5, 5.41) is 8.69. The first-order valence-corrected chi connectivity index (χ1v) is 4.84. The van der Waals surface area contributed by atoms with E-state index >= 15 is 0 Å². The molecule has 0 bridgehead atoms. The van der Waals surface area contributed by atoms with Crippen LogP contribution in [0.3, 0.4) is 0 Å². The van der Waals surface area contributed by atoms with Crippen LogP contribution in [0.2, 0.25) is 0 Å². The fourth-order valence-electron chi connectivity index (χ4n) is 2.10. The second-order valence-corrected chi connectivity index (χ2v) is 4.07. The van der Waals surface area contributed by atoms with Gasteiger partial charge in [-0.25, -0.2) is 4.39 Å². The first kappa shape index (κ1) is 11.9. The highest BCUT2D eigenvalue weighted by molar-refractivity contribution is 5.77. The minimum Gasteiger partial charge on any atom is -0.481 e. The lowest BCUT2D eigenvalue weighted by molar-refractivity contribution is -0.170. The maximum atomic E-state index is 12.9. The molecular weight excluding hydrogens is 240 g/mol. The summed E-state index contributed by atoms with van der Waals surface area (Å²) < 4.78 is 51.5. The summed E-state index contributed by atoms with van der Waals surface area (Å²) in [6.45, 7) is 0. The van der Waals surface area contributed by atoms with Crippen molar-refractivity contribution in [2.24, 2.45) is 5.92 Å². The number of carbonyl (C=O) groups is 1. The molecule has 0 radical (unpaired) electrons. The van der Waals surface area contributed by atoms with Gasteiger partial charge in [0.1, 0.15) is 11.2 Å². The van der Waals surface area contributed by atoms with Crippen molar-refractivity contribution in [2.75, 3.05) is 0 Å². The number of carboxylic acid groups (broad SMARTS) is 1. The smallest absolute Gasteiger partial charge is 0.399 e. The molecule has 0 unspecified atom stereocenters. The third kappa shape index (κ3) is 1.67. The van der Waals surface area contributed by atoms with Gasteiger partial charge in [0.25, 0.3) is 0 Å². The number of aliphatic carboxylic acids is 1. The number of hydrogen-bond donors (Lipinski definition) is 1. The first-order chi connectivity index (χ1) is 7.79. The minimum atomic E-state index is -4.64. The predicted octanol–water partition coefficient (Wildman–Crippen LogP) is 2.73. The molecule has 1 fully saturated rings. The van der Waals surface area contributed by atoms with Crippen LogP contribution < -0.4 is 0 Å². The molecule has 1 aliphatic rings. The summed E-state index contributed by atoms with van der Waals surface area (Å²) in [4.78, 5) is 10.7. The average Bonchev–Trinajstić information content (AvgIpc) is 2.94. The van der Waals surface area contributed by atoms with Crippen LogP contribution in [0.15, 0.2) is 24.3 Å². The molecule has 0 saturated heterocycles. The fourth-order valence-corrected chi connectivity index (χ4v) is 2.10. The van der Waals surface area contributed by atoms with Crippen LogP contribution in [0.1, 0.15) is 12.0 Å². The van der Waals surface area contributed by atoms with Gasteiger partial charge in [0, 0.05) is 0 Å². The maximum Gasteiger partial charge on any atom is 0.399 e. The summed E-state index contributed by atoms with van der Waals surface area (Å²) in [6.07, 6.45) is -5.13. The summed E-state index contributed by atoms with van der Waals surface area (Å²) in [7, 11) is 0. The van der Waals surface area contributed by atoms with Gasteiger partial charge in [-0.3, -0.25) is 4.79 Å². The molecular formula is C11H8F4O2. The van der Waals surface area contributed by atoms with Gasteiger partial charge in [0.05, 0.1) is 5.92 Å². The second kappa shape index (κ2) is 3.45. The number of rotatable bonds is 2. The maximum absolute atomic E-state index is 12.9. The highest BCUT2D eigenvalue weighted by Crippen LogP contribution is 2.63. The lowest BCUT2D eigenvalue weighted by Crippen LogP contribution is -2.32. The van der Waals surface area contributed by atoms with E-state index < -0.39 is 35.7 Å². The summed E-state index contributed by atoms with van der Waals surface area (Å²) >= 11 is 0. The van der Waals surface area contributed by atoms with Crippen LogP contribution in [0.4, 0.5) is 17.6 Å². The van der Waals surface area contributed by atoms with Gasteiger partial charge in [-0.1, -0.05) is 12.1 Å². The van der Waals surface area contributed by atoms with E-state index in [1.807, 2.05) is 0 Å². The van der Waals surface area contributed by atoms with Crippen LogP contribution in [-0.2, 0) is 10.2 Å². The summed E-state index contributed by atoms with van der Waals surface area (Å²) in [5.74, 6) is -3.61. The van der Waals surface area contributed by atoms with E-state index in [0.717, 1.165) is 24.3 Å². The largest absolute Gasteiger partial charge is 0.481 e. The lowest BCUT2D eigenvalue weighted by atomic mass is 9.92. The molecule has 0 heterocycles. The van der Waals surface area contributed by atoms with Crippen molar-refractivity contribution in [3.8, 4) is 0 Å². The number of alkyl halides is 3. The minimum absolute atomic E-state index is 0.196. The highest BCUT2D eigenvalue weighted by atomic mass is 19.4. The Morgan fingerprint density at radius 3 is 2.18 bits per heavy atom. The molecule has 0 amide bonds. The first-order valence-electron chi connectivity index (χ1n) is 4.84. The van der Waals surface area contributed by atoms with Gasteiger partial charge in [0.15, 0.2) is 0 Å². The van der Waals surface area contributed by atoms with E-state index in [-0.39, 0.29) is 5.56 Å². The van der Waals surface area contributed by atoms with E-state index in [4.69, 9.17) is 5.11 Å². The molecule has 1 aromatic carbocycles. The molecule has 1 N–H and O–H groups in total. The monoisotopic (exact) mass is 248 g/mol. The van der Waals surface area contributed by atoms with Crippen LogP contribution in [-0.4, -0.2) is 17.3 Å². The Kier molecular flexibility index (Phi) is 2.41. The van der Waals surface area contributed by atoms with Crippen LogP contribution in [0, 0.1) is 11.7 Å². The Labute approximate surface area is 93.9 Å². The number of halogens is 4. The molecule has 0 spiro atoms. The van der Waals surface area contributed by atoms with Gasteiger partial charge >= 0.3 is 12.1 Å². The molecule has 6 heteroatoms. The van der Waals surface area contributed by atoms with Crippen LogP contribution in [0.25, 0.3) is 0 Å². The molecule has 2 rings (SSSR count). The molecule has 17 heavy (non-hydrogen) atoms. The van der Waals surface area contributed by atoms with Gasteiger partial charge in [-0.15, -0.1) is 0 Å². The van der Waals surface area contributed by atoms with Crippen molar-refractivity contribution in [1.82, 2.24) is 0 Å². The van der Waals surface area contributed by atoms with Crippen molar-refractivity contribution in [1.29, 1.82) is 0 Å². The number of benzene rings is 1. The van der Waals surface area contributed by atoms with Crippen LogP contribution in [0.5, 0.6) is 0 Å². The molecule has 2 atom stereocenters. The fraction of sp³-hybridized carbons (Fsp3) is 0.364. The molecule has 1 saturated carbocycles. The SMILES string of the molecule is O=C(O)[C@@H]1C[C@]1(c1ccc(F)cc1)C(F)(F)F. The van der Waals surface area contributed by atoms with Crippen molar-refractivity contribution in [3.05, 3.63) is 35.6 Å². The van der Waals surface area contributed by atoms with Crippen molar-refractivity contribution in [3.63, 3.8) is 0 Å². The molecule has 92 valence electrons. The quantitative estimate of drug-likeness (QED) is 0.817. The third-order valence-electron chi connectivity index (χ3n) is 3.12. The molecule has 0 aromatic heterocycles. The lowest BCUT2D eigenvalue weighted by Gasteiger charge is -2.20. The predicted molar refractivity (Wildman–Crippen MR) is 49.9 cm³/mol. The van der Waals surface area contributed by atoms with E-state index in [1.54, 1.807) is 0 Å². The zero-order valence-electron chi connectivity index (χ0n) is 8.46. The summed E-state index contributed by atoms with van der Waals surface area (Å²) in [5.41, 5.74) is -2.55. The highest BCUT2D eigenvalue weighted by Gasteiger charge is 2.74. The topological polar surface area (TPSA) is 37.3 Å². The number of hydrogen-bond acceptors (Lipinski definition) is 1. The van der Waals surface area contributed by atoms with Crippen molar-refractivity contribution in [2.45, 2.75) is 18.0 Å². The van der Waals surface area contributed by atoms with E-state index in [2.05, 4.69) is 0 Å². The van der Waals surface area contributed by atoms with Crippen LogP contribution >= 0.6 is 0 Å². The second-order valence-electron chi connectivity index (χ2n) is 4.07. The Morgan fingerprint density at radius 2 is 1.82 bits per heavy atom. The van der Waals surface area contributed by atoms with Crippen molar-refractivity contribution < 1.29 is 27.5 Å². The van der Waals surface area contributed by atoms with Gasteiger partial charge in [-0.05, 0) is 24.1 Å². The summed E-state index contributed by atoms with van der Waals surface area (Å²) in [6, 6.07) is 3.79. The Morgan fingerprint density at radius 1 is 1.29 bits per heavy atom. The molecule has 1 aromatic rings. The Bertz CT molecular complexity index is 452. The van der Waals surface area contributed by atoms with E-state index in [0.29, 0.717) is 0 Å². The van der Waals surface area contributed by atoms with Crippen molar-refractivity contribution >= 4 is 5.97 Å². The molecule has 1 aliphatic carbocycles. The standard InChI is InChI=1S/C11H8F4O2/c12-7-3-1-6(2-4-7)10(11(13,14)15)5-8(10)9(16)17/h1-4,8H,5H2,(H,16,17)/t8-,10+/m0/s1. The zero-order chi connectivity index (χ0) is 12.8.